The quantitative estimate of drug-likeness (QED) is 0.642. The van der Waals surface area contributed by atoms with Gasteiger partial charge in [-0.1, -0.05) is 24.3 Å². The Kier molecular flexibility index (Phi) is 4.83. The van der Waals surface area contributed by atoms with Crippen molar-refractivity contribution in [2.24, 2.45) is 5.92 Å². The molecular formula is C19H22N6. The minimum atomic E-state index is 0.282. The highest BCUT2D eigenvalue weighted by atomic mass is 15.4. The van der Waals surface area contributed by atoms with Crippen LogP contribution in [0.3, 0.4) is 0 Å². The first kappa shape index (κ1) is 16.0. The van der Waals surface area contributed by atoms with E-state index in [1.807, 2.05) is 35.6 Å². The van der Waals surface area contributed by atoms with E-state index < -0.39 is 0 Å². The minimum absolute atomic E-state index is 0.282. The summed E-state index contributed by atoms with van der Waals surface area (Å²) in [6.07, 6.45) is 9.36. The predicted molar refractivity (Wildman–Crippen MR) is 96.9 cm³/mol. The lowest BCUT2D eigenvalue weighted by molar-refractivity contribution is 0.440. The lowest BCUT2D eigenvalue weighted by atomic mass is 9.96. The van der Waals surface area contributed by atoms with Gasteiger partial charge >= 0.3 is 0 Å². The fourth-order valence-electron chi connectivity index (χ4n) is 3.35. The summed E-state index contributed by atoms with van der Waals surface area (Å²) >= 11 is 0. The molecule has 2 aromatic heterocycles. The van der Waals surface area contributed by atoms with Crippen molar-refractivity contribution in [1.29, 1.82) is 0 Å². The Morgan fingerprint density at radius 3 is 2.92 bits per heavy atom. The van der Waals surface area contributed by atoms with Crippen molar-refractivity contribution in [3.8, 4) is 5.69 Å². The van der Waals surface area contributed by atoms with Crippen LogP contribution in [0.5, 0.6) is 0 Å². The largest absolute Gasteiger partial charge is 0.312 e. The van der Waals surface area contributed by atoms with Gasteiger partial charge in [0.25, 0.3) is 0 Å². The van der Waals surface area contributed by atoms with E-state index >= 15 is 0 Å². The Bertz CT molecular complexity index is 787. The first-order chi connectivity index (χ1) is 12.4. The number of nitrogens with zero attached hydrogens (tertiary/aromatic N) is 3. The van der Waals surface area contributed by atoms with Gasteiger partial charge in [0.05, 0.1) is 18.1 Å². The molecule has 0 amide bonds. The smallest absolute Gasteiger partial charge is 0.0991 e. The number of nitrogens with one attached hydrogen (secondary N) is 3. The highest BCUT2D eigenvalue weighted by molar-refractivity contribution is 5.40. The molecular weight excluding hydrogens is 312 g/mol. The number of imidazole rings is 1. The topological polar surface area (TPSA) is 66.8 Å². The second-order valence-electron chi connectivity index (χ2n) is 6.28. The normalized spacial score (nSPS) is 20.0. The molecule has 0 radical (unpaired) electrons. The van der Waals surface area contributed by atoms with Gasteiger partial charge in [0.2, 0.25) is 0 Å². The zero-order chi connectivity index (χ0) is 16.9. The number of hydrazine groups is 1. The molecule has 1 aromatic carbocycles. The van der Waals surface area contributed by atoms with E-state index in [-0.39, 0.29) is 6.04 Å². The average molecular weight is 334 g/mol. The molecule has 0 saturated carbocycles. The van der Waals surface area contributed by atoms with Gasteiger partial charge < -0.3 is 9.88 Å². The summed E-state index contributed by atoms with van der Waals surface area (Å²) in [5.41, 5.74) is 10.3. The van der Waals surface area contributed by atoms with E-state index in [4.69, 9.17) is 0 Å². The van der Waals surface area contributed by atoms with Crippen LogP contribution < -0.4 is 16.2 Å². The van der Waals surface area contributed by atoms with Gasteiger partial charge in [-0.25, -0.2) is 10.4 Å². The Balaban J connectivity index is 1.40. The van der Waals surface area contributed by atoms with Crippen LogP contribution in [0.2, 0.25) is 0 Å². The molecule has 0 spiro atoms. The molecule has 2 atom stereocenters. The van der Waals surface area contributed by atoms with Crippen LogP contribution >= 0.6 is 0 Å². The van der Waals surface area contributed by atoms with Gasteiger partial charge in [-0.2, -0.15) is 0 Å². The summed E-state index contributed by atoms with van der Waals surface area (Å²) in [6.45, 7) is 2.69. The minimum Gasteiger partial charge on any atom is -0.312 e. The van der Waals surface area contributed by atoms with Crippen LogP contribution in [0.1, 0.15) is 17.2 Å². The van der Waals surface area contributed by atoms with Gasteiger partial charge in [0.1, 0.15) is 0 Å². The number of pyridine rings is 1. The van der Waals surface area contributed by atoms with Crippen LogP contribution in [0.15, 0.2) is 67.5 Å². The fraction of sp³-hybridized carbons (Fsp3) is 0.263. The van der Waals surface area contributed by atoms with Crippen molar-refractivity contribution in [2.45, 2.75) is 12.6 Å². The van der Waals surface area contributed by atoms with Crippen molar-refractivity contribution >= 4 is 0 Å². The molecule has 25 heavy (non-hydrogen) atoms. The highest BCUT2D eigenvalue weighted by Gasteiger charge is 2.27. The van der Waals surface area contributed by atoms with Crippen molar-refractivity contribution in [2.75, 3.05) is 13.1 Å². The molecule has 2 unspecified atom stereocenters. The highest BCUT2D eigenvalue weighted by Crippen LogP contribution is 2.23. The Morgan fingerprint density at radius 2 is 2.08 bits per heavy atom. The molecule has 0 bridgehead atoms. The molecule has 3 N–H and O–H groups in total. The summed E-state index contributed by atoms with van der Waals surface area (Å²) in [7, 11) is 0. The summed E-state index contributed by atoms with van der Waals surface area (Å²) in [4.78, 5) is 8.38. The molecule has 6 nitrogen and oxygen atoms in total. The van der Waals surface area contributed by atoms with Gasteiger partial charge in [-0.15, -0.1) is 0 Å². The molecule has 128 valence electrons. The zero-order valence-electron chi connectivity index (χ0n) is 14.0. The lowest BCUT2D eigenvalue weighted by Crippen LogP contribution is -2.28. The van der Waals surface area contributed by atoms with E-state index in [1.165, 1.54) is 16.8 Å². The summed E-state index contributed by atoms with van der Waals surface area (Å²) < 4.78 is 2.05. The number of para-hydroxylation sites is 1. The summed E-state index contributed by atoms with van der Waals surface area (Å²) in [5, 5.41) is 3.61. The van der Waals surface area contributed by atoms with Crippen molar-refractivity contribution < 1.29 is 0 Å². The third kappa shape index (κ3) is 3.61. The van der Waals surface area contributed by atoms with E-state index in [1.54, 1.807) is 6.20 Å². The first-order valence-corrected chi connectivity index (χ1v) is 8.57. The SMILES string of the molecule is c1cncc(C2NNCC2CNCc2ccccc2-n2ccnc2)c1. The van der Waals surface area contributed by atoms with Crippen molar-refractivity contribution in [3.63, 3.8) is 0 Å². The molecule has 6 heteroatoms. The van der Waals surface area contributed by atoms with E-state index in [0.717, 1.165) is 19.6 Å². The maximum atomic E-state index is 4.23. The predicted octanol–water partition coefficient (Wildman–Crippen LogP) is 1.82. The van der Waals surface area contributed by atoms with Crippen LogP contribution in [0, 0.1) is 5.92 Å². The molecule has 1 aliphatic heterocycles. The number of rotatable bonds is 6. The Hall–Kier alpha value is -2.54. The van der Waals surface area contributed by atoms with Crippen LogP contribution in [-0.2, 0) is 6.54 Å². The van der Waals surface area contributed by atoms with Crippen molar-refractivity contribution in [1.82, 2.24) is 30.7 Å². The second-order valence-corrected chi connectivity index (χ2v) is 6.28. The van der Waals surface area contributed by atoms with Gasteiger partial charge in [0, 0.05) is 50.3 Å². The average Bonchev–Trinajstić information content (AvgIpc) is 3.35. The standard InChI is InChI=1S/C19H22N6/c1-2-6-18(25-9-8-21-14-25)15(4-1)10-22-12-17-13-23-24-19(17)16-5-3-7-20-11-16/h1-9,11,14,17,19,22-24H,10,12-13H2. The molecule has 1 aliphatic rings. The van der Waals surface area contributed by atoms with Crippen LogP contribution in [0.25, 0.3) is 5.69 Å². The van der Waals surface area contributed by atoms with Crippen molar-refractivity contribution in [3.05, 3.63) is 78.6 Å². The fourth-order valence-corrected chi connectivity index (χ4v) is 3.35. The third-order valence-electron chi connectivity index (χ3n) is 4.63. The zero-order valence-corrected chi connectivity index (χ0v) is 14.0. The maximum absolute atomic E-state index is 4.23. The molecule has 0 aliphatic carbocycles. The Labute approximate surface area is 147 Å². The number of aromatic nitrogens is 3. The number of hydrogen-bond acceptors (Lipinski definition) is 5. The van der Waals surface area contributed by atoms with Crippen LogP contribution in [-0.4, -0.2) is 27.6 Å². The molecule has 4 rings (SSSR count). The van der Waals surface area contributed by atoms with E-state index in [2.05, 4.69) is 56.5 Å². The first-order valence-electron chi connectivity index (χ1n) is 8.57. The molecule has 3 heterocycles. The molecule has 3 aromatic rings. The molecule has 1 fully saturated rings. The third-order valence-corrected chi connectivity index (χ3v) is 4.63. The van der Waals surface area contributed by atoms with Gasteiger partial charge in [-0.05, 0) is 23.3 Å². The van der Waals surface area contributed by atoms with E-state index in [0.29, 0.717) is 5.92 Å². The maximum Gasteiger partial charge on any atom is 0.0991 e. The lowest BCUT2D eigenvalue weighted by Gasteiger charge is -2.19. The van der Waals surface area contributed by atoms with Crippen LogP contribution in [0.4, 0.5) is 0 Å². The summed E-state index contributed by atoms with van der Waals surface area (Å²) in [6, 6.07) is 12.8. The summed E-state index contributed by atoms with van der Waals surface area (Å²) in [5.74, 6) is 0.476. The molecule has 1 saturated heterocycles. The van der Waals surface area contributed by atoms with E-state index in [9.17, 15) is 0 Å². The number of hydrogen-bond donors (Lipinski definition) is 3. The Morgan fingerprint density at radius 1 is 1.12 bits per heavy atom. The van der Waals surface area contributed by atoms with Gasteiger partial charge in [-0.3, -0.25) is 10.4 Å². The van der Waals surface area contributed by atoms with Gasteiger partial charge in [0.15, 0.2) is 0 Å². The number of benzene rings is 1. The monoisotopic (exact) mass is 334 g/mol. The second kappa shape index (κ2) is 7.57.